The molecule has 2 aromatic carbocycles. The number of rotatable bonds is 3. The molecule has 0 unspecified atom stereocenters. The monoisotopic (exact) mass is 294 g/mol. The molecule has 0 radical (unpaired) electrons. The Bertz CT molecular complexity index is 773. The summed E-state index contributed by atoms with van der Waals surface area (Å²) in [6.45, 7) is 1.80. The fourth-order valence-corrected chi connectivity index (χ4v) is 2.85. The average Bonchev–Trinajstić information content (AvgIpc) is 2.90. The molecule has 0 aliphatic rings. The number of thiazole rings is 1. The van der Waals surface area contributed by atoms with Crippen LogP contribution in [0.4, 0.5) is 5.13 Å². The van der Waals surface area contributed by atoms with Crippen molar-refractivity contribution in [1.29, 1.82) is 0 Å². The number of carbonyl (C=O) groups excluding carboxylic acids is 1. The first kappa shape index (κ1) is 13.5. The lowest BCUT2D eigenvalue weighted by molar-refractivity contribution is -0.112. The van der Waals surface area contributed by atoms with Crippen LogP contribution in [0, 0.1) is 0 Å². The number of benzene rings is 2. The molecule has 3 rings (SSSR count). The van der Waals surface area contributed by atoms with E-state index in [4.69, 9.17) is 0 Å². The van der Waals surface area contributed by atoms with Crippen LogP contribution in [0.25, 0.3) is 16.3 Å². The number of nitrogens with one attached hydrogen (secondary N) is 1. The number of para-hydroxylation sites is 1. The molecule has 0 bridgehead atoms. The third-order valence-electron chi connectivity index (χ3n) is 3.06. The van der Waals surface area contributed by atoms with Crippen molar-refractivity contribution in [2.75, 3.05) is 5.32 Å². The molecule has 1 aromatic heterocycles. The van der Waals surface area contributed by atoms with Crippen molar-refractivity contribution < 1.29 is 4.79 Å². The molecule has 3 nitrogen and oxygen atoms in total. The first-order valence-corrected chi connectivity index (χ1v) is 7.44. The van der Waals surface area contributed by atoms with Gasteiger partial charge in [0, 0.05) is 5.57 Å². The fraction of sp³-hybridized carbons (Fsp3) is 0.0588. The molecule has 0 fully saturated rings. The Kier molecular flexibility index (Phi) is 3.79. The summed E-state index contributed by atoms with van der Waals surface area (Å²) in [7, 11) is 0. The van der Waals surface area contributed by atoms with Gasteiger partial charge in [0.25, 0.3) is 5.91 Å². The maximum absolute atomic E-state index is 12.2. The first-order valence-electron chi connectivity index (χ1n) is 6.62. The smallest absolute Gasteiger partial charge is 0.253 e. The molecule has 0 atom stereocenters. The number of nitrogens with zero attached hydrogens (tertiary/aromatic N) is 1. The van der Waals surface area contributed by atoms with E-state index in [0.717, 1.165) is 15.8 Å². The second-order valence-electron chi connectivity index (χ2n) is 4.68. The van der Waals surface area contributed by atoms with Crippen molar-refractivity contribution in [3.63, 3.8) is 0 Å². The average molecular weight is 294 g/mol. The Balaban J connectivity index is 1.78. The first-order chi connectivity index (χ1) is 10.2. The molecule has 0 aliphatic heterocycles. The predicted molar refractivity (Wildman–Crippen MR) is 88.3 cm³/mol. The zero-order chi connectivity index (χ0) is 14.7. The summed E-state index contributed by atoms with van der Waals surface area (Å²) in [5, 5.41) is 3.48. The molecule has 0 saturated heterocycles. The van der Waals surface area contributed by atoms with Crippen molar-refractivity contribution in [3.05, 3.63) is 65.7 Å². The Morgan fingerprint density at radius 2 is 1.81 bits per heavy atom. The number of fused-ring (bicyclic) bond motifs is 1. The van der Waals surface area contributed by atoms with Gasteiger partial charge in [-0.1, -0.05) is 53.8 Å². The molecular weight excluding hydrogens is 280 g/mol. The Morgan fingerprint density at radius 1 is 1.10 bits per heavy atom. The van der Waals surface area contributed by atoms with E-state index in [2.05, 4.69) is 10.3 Å². The molecule has 1 amide bonds. The Labute approximate surface area is 127 Å². The van der Waals surface area contributed by atoms with Crippen molar-refractivity contribution >= 4 is 38.7 Å². The van der Waals surface area contributed by atoms with Gasteiger partial charge < -0.3 is 0 Å². The highest BCUT2D eigenvalue weighted by Crippen LogP contribution is 2.25. The molecule has 21 heavy (non-hydrogen) atoms. The van der Waals surface area contributed by atoms with Crippen molar-refractivity contribution in [2.45, 2.75) is 6.92 Å². The van der Waals surface area contributed by atoms with Crippen LogP contribution >= 0.6 is 11.3 Å². The summed E-state index contributed by atoms with van der Waals surface area (Å²) < 4.78 is 1.07. The van der Waals surface area contributed by atoms with Crippen molar-refractivity contribution in [3.8, 4) is 0 Å². The van der Waals surface area contributed by atoms with Crippen molar-refractivity contribution in [1.82, 2.24) is 4.98 Å². The van der Waals surface area contributed by atoms with Crippen LogP contribution in [0.3, 0.4) is 0 Å². The van der Waals surface area contributed by atoms with Gasteiger partial charge in [-0.05, 0) is 30.7 Å². The van der Waals surface area contributed by atoms with Gasteiger partial charge in [0.1, 0.15) is 0 Å². The van der Waals surface area contributed by atoms with Gasteiger partial charge in [-0.15, -0.1) is 0 Å². The maximum atomic E-state index is 12.2. The minimum absolute atomic E-state index is 0.127. The van der Waals surface area contributed by atoms with E-state index in [1.165, 1.54) is 11.3 Å². The van der Waals surface area contributed by atoms with E-state index in [-0.39, 0.29) is 5.91 Å². The highest BCUT2D eigenvalue weighted by atomic mass is 32.1. The van der Waals surface area contributed by atoms with Gasteiger partial charge in [0.15, 0.2) is 5.13 Å². The zero-order valence-electron chi connectivity index (χ0n) is 11.5. The van der Waals surface area contributed by atoms with E-state index in [1.54, 1.807) is 6.92 Å². The van der Waals surface area contributed by atoms with E-state index in [0.29, 0.717) is 10.7 Å². The Hall–Kier alpha value is -2.46. The third-order valence-corrected chi connectivity index (χ3v) is 4.01. The molecule has 0 aliphatic carbocycles. The van der Waals surface area contributed by atoms with Gasteiger partial charge in [0.2, 0.25) is 0 Å². The maximum Gasteiger partial charge on any atom is 0.253 e. The standard InChI is InChI=1S/C17H14N2OS/c1-12(11-13-7-3-2-4-8-13)16(20)19-17-18-14-9-5-6-10-15(14)21-17/h2-11H,1H3,(H,18,19,20). The molecule has 0 spiro atoms. The SMILES string of the molecule is CC(=Cc1ccccc1)C(=O)Nc1nc2ccccc2s1. The number of carbonyl (C=O) groups is 1. The van der Waals surface area contributed by atoms with Gasteiger partial charge in [-0.2, -0.15) is 0 Å². The lowest BCUT2D eigenvalue weighted by atomic mass is 10.1. The highest BCUT2D eigenvalue weighted by molar-refractivity contribution is 7.22. The van der Waals surface area contributed by atoms with Crippen LogP contribution in [-0.4, -0.2) is 10.9 Å². The second kappa shape index (κ2) is 5.89. The summed E-state index contributed by atoms with van der Waals surface area (Å²) in [6, 6.07) is 17.6. The van der Waals surface area contributed by atoms with Crippen LogP contribution in [0.5, 0.6) is 0 Å². The van der Waals surface area contributed by atoms with Crippen molar-refractivity contribution in [2.24, 2.45) is 0 Å². The minimum atomic E-state index is -0.127. The molecule has 1 heterocycles. The molecule has 3 aromatic rings. The van der Waals surface area contributed by atoms with Crippen LogP contribution in [0.2, 0.25) is 0 Å². The summed E-state index contributed by atoms with van der Waals surface area (Å²) in [4.78, 5) is 16.6. The van der Waals surface area contributed by atoms with Crippen LogP contribution in [-0.2, 0) is 4.79 Å². The van der Waals surface area contributed by atoms with Gasteiger partial charge in [-0.25, -0.2) is 4.98 Å². The summed E-state index contributed by atoms with van der Waals surface area (Å²) in [5.41, 5.74) is 2.57. The van der Waals surface area contributed by atoms with Gasteiger partial charge in [-0.3, -0.25) is 10.1 Å². The number of anilines is 1. The second-order valence-corrected chi connectivity index (χ2v) is 5.71. The van der Waals surface area contributed by atoms with E-state index in [9.17, 15) is 4.79 Å². The molecular formula is C17H14N2OS. The molecule has 104 valence electrons. The predicted octanol–water partition coefficient (Wildman–Crippen LogP) is 4.34. The number of aromatic nitrogens is 1. The lowest BCUT2D eigenvalue weighted by Crippen LogP contribution is -2.12. The highest BCUT2D eigenvalue weighted by Gasteiger charge is 2.09. The summed E-state index contributed by atoms with van der Waals surface area (Å²) in [5.74, 6) is -0.127. The van der Waals surface area contributed by atoms with Crippen LogP contribution in [0.1, 0.15) is 12.5 Å². The van der Waals surface area contributed by atoms with Crippen LogP contribution in [0.15, 0.2) is 60.2 Å². The Morgan fingerprint density at radius 3 is 2.57 bits per heavy atom. The fourth-order valence-electron chi connectivity index (χ4n) is 1.99. The largest absolute Gasteiger partial charge is 0.298 e. The van der Waals surface area contributed by atoms with E-state index < -0.39 is 0 Å². The topological polar surface area (TPSA) is 42.0 Å². The number of hydrogen-bond donors (Lipinski definition) is 1. The summed E-state index contributed by atoms with van der Waals surface area (Å²) >= 11 is 1.48. The number of hydrogen-bond acceptors (Lipinski definition) is 3. The molecule has 0 saturated carbocycles. The van der Waals surface area contributed by atoms with Gasteiger partial charge in [0.05, 0.1) is 10.2 Å². The minimum Gasteiger partial charge on any atom is -0.298 e. The zero-order valence-corrected chi connectivity index (χ0v) is 12.4. The quantitative estimate of drug-likeness (QED) is 0.730. The van der Waals surface area contributed by atoms with Gasteiger partial charge >= 0.3 is 0 Å². The summed E-state index contributed by atoms with van der Waals surface area (Å²) in [6.07, 6.45) is 1.86. The number of amides is 1. The van der Waals surface area contributed by atoms with E-state index in [1.807, 2.05) is 60.7 Å². The van der Waals surface area contributed by atoms with Crippen LogP contribution < -0.4 is 5.32 Å². The lowest BCUT2D eigenvalue weighted by Gasteiger charge is -2.01. The normalized spacial score (nSPS) is 11.6. The molecule has 4 heteroatoms. The third kappa shape index (κ3) is 3.17. The van der Waals surface area contributed by atoms with E-state index >= 15 is 0 Å². The molecule has 1 N–H and O–H groups in total.